The van der Waals surface area contributed by atoms with Gasteiger partial charge in [-0.15, -0.1) is 8.78 Å². The van der Waals surface area contributed by atoms with E-state index in [0.717, 1.165) is 0 Å². The number of H-pyrrole nitrogens is 1. The van der Waals surface area contributed by atoms with Crippen LogP contribution >= 0.6 is 24.0 Å². The van der Waals surface area contributed by atoms with Gasteiger partial charge in [0.25, 0.3) is 11.5 Å². The Balaban J connectivity index is 0.000000199. The van der Waals surface area contributed by atoms with E-state index in [2.05, 4.69) is 47.7 Å². The Kier molecular flexibility index (Phi) is 9.56. The van der Waals surface area contributed by atoms with Gasteiger partial charge >= 0.3 is 6.29 Å². The number of nitrogens with zero attached hydrogens (tertiary/aromatic N) is 2. The number of nitrogens with one attached hydrogen (secondary N) is 3. The van der Waals surface area contributed by atoms with Crippen LogP contribution in [0.1, 0.15) is 37.1 Å². The van der Waals surface area contributed by atoms with Gasteiger partial charge in [-0.05, 0) is 6.26 Å². The molecule has 4 N–H and O–H groups in total. The van der Waals surface area contributed by atoms with E-state index in [1.54, 1.807) is 13.2 Å². The van der Waals surface area contributed by atoms with E-state index >= 15 is 0 Å². The summed E-state index contributed by atoms with van der Waals surface area (Å²) in [6, 6.07) is 2.79. The minimum atomic E-state index is -3.63. The zero-order chi connectivity index (χ0) is 28.1. The van der Waals surface area contributed by atoms with Gasteiger partial charge in [0.1, 0.15) is 5.69 Å². The Morgan fingerprint density at radius 2 is 1.92 bits per heavy atom. The molecule has 2 aliphatic heterocycles. The zero-order valence-corrected chi connectivity index (χ0v) is 21.9. The number of aromatic amines is 1. The van der Waals surface area contributed by atoms with Gasteiger partial charge in [0, 0.05) is 44.3 Å². The van der Waals surface area contributed by atoms with Crippen molar-refractivity contribution in [3.63, 3.8) is 0 Å². The number of amides is 1. The lowest BCUT2D eigenvalue weighted by atomic mass is 9.92. The fourth-order valence-electron chi connectivity index (χ4n) is 3.53. The maximum Gasteiger partial charge on any atom is 0.586 e. The number of carbonyl (C=O) groups is 1. The third kappa shape index (κ3) is 6.92. The Bertz CT molecular complexity index is 1290. The van der Waals surface area contributed by atoms with Crippen molar-refractivity contribution < 1.29 is 36.9 Å². The molecular formula is C22H25F4N5O5S2. The number of carbonyl (C=O) groups excluding carboxylic acids is 1. The highest BCUT2D eigenvalue weighted by Gasteiger charge is 2.44. The molecule has 0 saturated carbocycles. The van der Waals surface area contributed by atoms with Crippen molar-refractivity contribution >= 4 is 45.2 Å². The number of alkyl halides is 4. The number of fused-ring (bicyclic) bond motifs is 2. The highest BCUT2D eigenvalue weighted by Crippen LogP contribution is 2.44. The Morgan fingerprint density at radius 1 is 1.24 bits per heavy atom. The molecule has 38 heavy (non-hydrogen) atoms. The van der Waals surface area contributed by atoms with E-state index in [4.69, 9.17) is 5.11 Å². The number of rotatable bonds is 4. The molecule has 0 spiro atoms. The number of aliphatic hydroxyl groups excluding tert-OH is 1. The first-order valence-corrected chi connectivity index (χ1v) is 13.0. The van der Waals surface area contributed by atoms with Crippen LogP contribution in [0.15, 0.2) is 23.1 Å². The number of anilines is 1. The highest BCUT2D eigenvalue weighted by molar-refractivity contribution is 7.79. The molecule has 0 bridgehead atoms. The van der Waals surface area contributed by atoms with Crippen LogP contribution in [0.25, 0.3) is 10.2 Å². The smallest absolute Gasteiger partial charge is 0.395 e. The fraction of sp³-hybridized carbons (Fsp3) is 0.455. The number of benzene rings is 1. The number of thiol groups is 1. The number of piperidine rings is 1. The van der Waals surface area contributed by atoms with Crippen LogP contribution in [-0.4, -0.2) is 57.5 Å². The second-order valence-corrected chi connectivity index (χ2v) is 8.91. The second kappa shape index (κ2) is 12.3. The lowest BCUT2D eigenvalue weighted by Crippen LogP contribution is -2.43. The van der Waals surface area contributed by atoms with Crippen molar-refractivity contribution in [1.29, 1.82) is 0 Å². The molecule has 0 radical (unpaired) electrons. The fourth-order valence-corrected chi connectivity index (χ4v) is 4.42. The first kappa shape index (κ1) is 29.6. The maximum atomic E-state index is 13.7. The highest BCUT2D eigenvalue weighted by atomic mass is 32.1. The summed E-state index contributed by atoms with van der Waals surface area (Å²) >= 11 is 4.71. The Morgan fingerprint density at radius 3 is 2.55 bits per heavy atom. The normalized spacial score (nSPS) is 18.6. The van der Waals surface area contributed by atoms with Gasteiger partial charge in [0.2, 0.25) is 5.91 Å². The second-order valence-electron chi connectivity index (χ2n) is 7.88. The summed E-state index contributed by atoms with van der Waals surface area (Å²) in [6.45, 7) is 1.53. The first-order chi connectivity index (χ1) is 18.0. The number of hydrogen-bond acceptors (Lipinski definition) is 10. The van der Waals surface area contributed by atoms with Gasteiger partial charge in [0.05, 0.1) is 28.4 Å². The van der Waals surface area contributed by atoms with E-state index < -0.39 is 30.3 Å². The van der Waals surface area contributed by atoms with E-state index in [9.17, 15) is 27.2 Å². The van der Waals surface area contributed by atoms with Crippen molar-refractivity contribution in [1.82, 2.24) is 20.3 Å². The predicted octanol–water partition coefficient (Wildman–Crippen LogP) is 3.49. The lowest BCUT2D eigenvalue weighted by Gasteiger charge is -2.31. The molecule has 5 rings (SSSR count). The molecule has 1 atom stereocenters. The lowest BCUT2D eigenvalue weighted by molar-refractivity contribution is -0.286. The molecule has 16 heteroatoms. The molecule has 2 aliphatic rings. The molecule has 1 aromatic carbocycles. The summed E-state index contributed by atoms with van der Waals surface area (Å²) in [5, 5.41) is 14.8. The quantitative estimate of drug-likeness (QED) is 0.234. The van der Waals surface area contributed by atoms with Gasteiger partial charge in [-0.2, -0.15) is 12.6 Å². The SMILES string of the molecule is CCC(=O)Nc1nc2cc3c(cc2s1)OC(F)(F)O3.CS.O=c1[nH]cc(C2CNCCC2(F)F)nc1CO. The molecular weight excluding hydrogens is 554 g/mol. The van der Waals surface area contributed by atoms with Crippen LogP contribution in [0.5, 0.6) is 11.5 Å². The predicted molar refractivity (Wildman–Crippen MR) is 136 cm³/mol. The molecule has 1 saturated heterocycles. The monoisotopic (exact) mass is 579 g/mol. The van der Waals surface area contributed by atoms with Crippen molar-refractivity contribution in [2.75, 3.05) is 24.7 Å². The molecule has 3 aromatic rings. The van der Waals surface area contributed by atoms with E-state index in [0.29, 0.717) is 21.8 Å². The Labute approximate surface area is 223 Å². The minimum Gasteiger partial charge on any atom is -0.395 e. The van der Waals surface area contributed by atoms with Gasteiger partial charge < -0.3 is 30.2 Å². The number of halogens is 4. The van der Waals surface area contributed by atoms with Crippen molar-refractivity contribution in [2.45, 2.75) is 44.5 Å². The summed E-state index contributed by atoms with van der Waals surface area (Å²) in [4.78, 5) is 32.7. The van der Waals surface area contributed by atoms with Crippen molar-refractivity contribution in [3.05, 3.63) is 40.1 Å². The molecule has 0 aliphatic carbocycles. The summed E-state index contributed by atoms with van der Waals surface area (Å²) in [6.07, 6.45) is -0.671. The Hall–Kier alpha value is -2.95. The molecule has 1 unspecified atom stereocenters. The van der Waals surface area contributed by atoms with Crippen LogP contribution in [-0.2, 0) is 11.4 Å². The summed E-state index contributed by atoms with van der Waals surface area (Å²) in [7, 11) is 0. The standard InChI is InChI=1S/C11H8F2N2O3S.C10H13F2N3O2.CH4S/c1-2-9(16)15-10-14-5-3-6-7(4-8(5)19-10)18-11(12,13)17-6;11-10(12)1-2-13-3-6(10)7-4-14-9(17)8(5-16)15-7;1-2/h3-4H,2H2,1H3,(H,14,15,16);4,6,13,16H,1-3,5H2,(H,14,17);2H,1H3. The van der Waals surface area contributed by atoms with Crippen LogP contribution < -0.4 is 25.7 Å². The topological polar surface area (TPSA) is 138 Å². The molecule has 208 valence electrons. The van der Waals surface area contributed by atoms with Gasteiger partial charge in [-0.3, -0.25) is 9.59 Å². The number of ether oxygens (including phenoxy) is 2. The number of thiazole rings is 1. The third-order valence-corrected chi connectivity index (χ3v) is 6.29. The van der Waals surface area contributed by atoms with Crippen LogP contribution in [0.3, 0.4) is 0 Å². The molecule has 1 amide bonds. The largest absolute Gasteiger partial charge is 0.586 e. The van der Waals surface area contributed by atoms with Crippen molar-refractivity contribution in [3.8, 4) is 11.5 Å². The van der Waals surface area contributed by atoms with E-state index in [-0.39, 0.29) is 48.3 Å². The number of aliphatic hydroxyl groups is 1. The van der Waals surface area contributed by atoms with Gasteiger partial charge in [0.15, 0.2) is 16.6 Å². The van der Waals surface area contributed by atoms with Gasteiger partial charge in [-0.25, -0.2) is 18.7 Å². The van der Waals surface area contributed by atoms with Crippen molar-refractivity contribution in [2.24, 2.45) is 0 Å². The van der Waals surface area contributed by atoms with Crippen LogP contribution in [0.2, 0.25) is 0 Å². The summed E-state index contributed by atoms with van der Waals surface area (Å²) < 4.78 is 62.4. The molecule has 4 heterocycles. The number of aromatic nitrogens is 3. The average Bonchev–Trinajstić information content (AvgIpc) is 3.40. The van der Waals surface area contributed by atoms with E-state index in [1.807, 2.05) is 0 Å². The third-order valence-electron chi connectivity index (χ3n) is 5.36. The first-order valence-electron chi connectivity index (χ1n) is 11.2. The summed E-state index contributed by atoms with van der Waals surface area (Å²) in [5.74, 6) is -4.17. The molecule has 10 nitrogen and oxygen atoms in total. The van der Waals surface area contributed by atoms with Crippen LogP contribution in [0, 0.1) is 0 Å². The van der Waals surface area contributed by atoms with E-state index in [1.165, 1.54) is 29.7 Å². The molecule has 2 aromatic heterocycles. The van der Waals surface area contributed by atoms with Gasteiger partial charge in [-0.1, -0.05) is 18.3 Å². The van der Waals surface area contributed by atoms with Crippen LogP contribution in [0.4, 0.5) is 22.7 Å². The summed E-state index contributed by atoms with van der Waals surface area (Å²) in [5.41, 5.74) is -0.116. The molecule has 1 fully saturated rings. The maximum absolute atomic E-state index is 13.7. The minimum absolute atomic E-state index is 0.0329. The average molecular weight is 580 g/mol. The number of hydrogen-bond donors (Lipinski definition) is 5. The zero-order valence-electron chi connectivity index (χ0n) is 20.2.